The van der Waals surface area contributed by atoms with Gasteiger partial charge in [-0.3, -0.25) is 14.9 Å². The minimum Gasteiger partial charge on any atom is -0.502 e. The van der Waals surface area contributed by atoms with Crippen LogP contribution < -0.4 is 10.2 Å². The second kappa shape index (κ2) is 6.66. The van der Waals surface area contributed by atoms with Crippen molar-refractivity contribution in [2.75, 3.05) is 4.90 Å². The Morgan fingerprint density at radius 2 is 1.77 bits per heavy atom. The third-order valence-electron chi connectivity index (χ3n) is 3.54. The maximum atomic E-state index is 12.5. The summed E-state index contributed by atoms with van der Waals surface area (Å²) in [5.74, 6) is -1.36. The number of imide groups is 1. The Labute approximate surface area is 156 Å². The summed E-state index contributed by atoms with van der Waals surface area (Å²) in [5.41, 5.74) is -0.570. The van der Waals surface area contributed by atoms with E-state index in [0.717, 1.165) is 17.0 Å². The standard InChI is InChI=1S/C16H9Cl2N3O5/c17-9-1-3-11(4-2-9)20-15(23)12(19-16(20)24)6-8-5-10(18)7-13(14(8)22)21(25)26/h1-7,22H,(H,19,24)/b12-6+. The summed E-state index contributed by atoms with van der Waals surface area (Å²) in [4.78, 5) is 35.7. The minimum absolute atomic E-state index is 0.00678. The molecule has 3 amide bonds. The van der Waals surface area contributed by atoms with Gasteiger partial charge in [0.15, 0.2) is 0 Å². The molecule has 0 aromatic heterocycles. The van der Waals surface area contributed by atoms with Gasteiger partial charge in [0.05, 0.1) is 10.6 Å². The van der Waals surface area contributed by atoms with Gasteiger partial charge in [-0.25, -0.2) is 9.69 Å². The predicted octanol–water partition coefficient (Wildman–Crippen LogP) is 3.70. The van der Waals surface area contributed by atoms with Crippen molar-refractivity contribution < 1.29 is 19.6 Å². The SMILES string of the molecule is O=C1N/C(=C/c2cc(Cl)cc([N+](=O)[O-])c2O)C(=O)N1c1ccc(Cl)cc1. The number of nitro benzene ring substituents is 1. The first-order valence-electron chi connectivity index (χ1n) is 7.07. The van der Waals surface area contributed by atoms with Crippen molar-refractivity contribution in [3.63, 3.8) is 0 Å². The molecular weight excluding hydrogens is 385 g/mol. The summed E-state index contributed by atoms with van der Waals surface area (Å²) in [6, 6.07) is 7.53. The van der Waals surface area contributed by atoms with Crippen LogP contribution in [0, 0.1) is 10.1 Å². The Morgan fingerprint density at radius 1 is 1.12 bits per heavy atom. The largest absolute Gasteiger partial charge is 0.502 e. The van der Waals surface area contributed by atoms with Crippen molar-refractivity contribution in [3.05, 3.63) is 67.8 Å². The molecule has 8 nitrogen and oxygen atoms in total. The molecule has 10 heteroatoms. The summed E-state index contributed by atoms with van der Waals surface area (Å²) >= 11 is 11.6. The molecule has 1 aliphatic heterocycles. The minimum atomic E-state index is -0.807. The Hall–Kier alpha value is -3.10. The van der Waals surface area contributed by atoms with Crippen LogP contribution >= 0.6 is 23.2 Å². The molecule has 0 spiro atoms. The maximum absolute atomic E-state index is 12.5. The number of phenolic OH excluding ortho intramolecular Hbond substituents is 1. The van der Waals surface area contributed by atoms with Crippen LogP contribution in [0.3, 0.4) is 0 Å². The number of nitrogens with one attached hydrogen (secondary N) is 1. The summed E-state index contributed by atoms with van der Waals surface area (Å²) in [5, 5.41) is 23.8. The fraction of sp³-hybridized carbons (Fsp3) is 0. The zero-order valence-corrected chi connectivity index (χ0v) is 14.3. The molecule has 1 heterocycles. The summed E-state index contributed by atoms with van der Waals surface area (Å²) < 4.78 is 0. The topological polar surface area (TPSA) is 113 Å². The van der Waals surface area contributed by atoms with Gasteiger partial charge in [-0.1, -0.05) is 23.2 Å². The Bertz CT molecular complexity index is 973. The van der Waals surface area contributed by atoms with Gasteiger partial charge in [0, 0.05) is 21.7 Å². The molecule has 3 rings (SSSR count). The van der Waals surface area contributed by atoms with Crippen molar-refractivity contribution in [1.29, 1.82) is 0 Å². The molecule has 0 aliphatic carbocycles. The number of nitrogens with zero attached hydrogens (tertiary/aromatic N) is 2. The van der Waals surface area contributed by atoms with Crippen molar-refractivity contribution in [3.8, 4) is 5.75 Å². The molecule has 2 aromatic carbocycles. The van der Waals surface area contributed by atoms with E-state index in [9.17, 15) is 24.8 Å². The van der Waals surface area contributed by atoms with Crippen LogP contribution in [0.15, 0.2) is 42.1 Å². The van der Waals surface area contributed by atoms with Gasteiger partial charge in [0.25, 0.3) is 5.91 Å². The van der Waals surface area contributed by atoms with E-state index in [-0.39, 0.29) is 16.3 Å². The van der Waals surface area contributed by atoms with E-state index in [1.54, 1.807) is 0 Å². The Morgan fingerprint density at radius 3 is 2.38 bits per heavy atom. The lowest BCUT2D eigenvalue weighted by atomic mass is 10.1. The third kappa shape index (κ3) is 3.19. The molecule has 0 unspecified atom stereocenters. The Kier molecular flexibility index (Phi) is 4.54. The van der Waals surface area contributed by atoms with E-state index < -0.39 is 28.3 Å². The normalized spacial score (nSPS) is 15.5. The number of anilines is 1. The zero-order chi connectivity index (χ0) is 19.0. The van der Waals surface area contributed by atoms with Crippen LogP contribution in [-0.4, -0.2) is 22.0 Å². The predicted molar refractivity (Wildman–Crippen MR) is 95.2 cm³/mol. The molecule has 1 fully saturated rings. The van der Waals surface area contributed by atoms with Crippen molar-refractivity contribution in [2.24, 2.45) is 0 Å². The van der Waals surface area contributed by atoms with Gasteiger partial charge in [-0.2, -0.15) is 0 Å². The molecule has 1 saturated heterocycles. The van der Waals surface area contributed by atoms with Gasteiger partial charge < -0.3 is 10.4 Å². The molecule has 0 saturated carbocycles. The molecule has 0 radical (unpaired) electrons. The summed E-state index contributed by atoms with van der Waals surface area (Å²) in [6.07, 6.45) is 1.12. The van der Waals surface area contributed by atoms with Gasteiger partial charge in [0.1, 0.15) is 5.70 Å². The summed E-state index contributed by atoms with van der Waals surface area (Å²) in [6.45, 7) is 0. The van der Waals surface area contributed by atoms with E-state index in [2.05, 4.69) is 5.32 Å². The first-order chi connectivity index (χ1) is 12.3. The van der Waals surface area contributed by atoms with E-state index in [1.807, 2.05) is 0 Å². The van der Waals surface area contributed by atoms with Crippen LogP contribution in [0.25, 0.3) is 6.08 Å². The number of carbonyl (C=O) groups excluding carboxylic acids is 2. The maximum Gasteiger partial charge on any atom is 0.333 e. The number of halogens is 2. The van der Waals surface area contributed by atoms with Crippen LogP contribution in [-0.2, 0) is 4.79 Å². The van der Waals surface area contributed by atoms with Gasteiger partial charge in [-0.05, 0) is 36.4 Å². The molecule has 2 N–H and O–H groups in total. The van der Waals surface area contributed by atoms with E-state index in [4.69, 9.17) is 23.2 Å². The third-order valence-corrected chi connectivity index (χ3v) is 4.01. The van der Waals surface area contributed by atoms with Crippen LogP contribution in [0.5, 0.6) is 5.75 Å². The highest BCUT2D eigenvalue weighted by atomic mass is 35.5. The number of hydrogen-bond donors (Lipinski definition) is 2. The molecule has 0 atom stereocenters. The number of hydrogen-bond acceptors (Lipinski definition) is 5. The second-order valence-electron chi connectivity index (χ2n) is 5.23. The van der Waals surface area contributed by atoms with Crippen molar-refractivity contribution >= 4 is 52.6 Å². The first-order valence-corrected chi connectivity index (χ1v) is 7.83. The van der Waals surface area contributed by atoms with Crippen LogP contribution in [0.4, 0.5) is 16.2 Å². The van der Waals surface area contributed by atoms with Gasteiger partial charge in [0.2, 0.25) is 5.75 Å². The Balaban J connectivity index is 2.01. The zero-order valence-electron chi connectivity index (χ0n) is 12.8. The lowest BCUT2D eigenvalue weighted by Crippen LogP contribution is -2.30. The molecule has 1 aliphatic rings. The molecule has 2 aromatic rings. The highest BCUT2D eigenvalue weighted by Crippen LogP contribution is 2.35. The number of rotatable bonds is 3. The monoisotopic (exact) mass is 393 g/mol. The summed E-state index contributed by atoms with van der Waals surface area (Å²) in [7, 11) is 0. The van der Waals surface area contributed by atoms with E-state index in [0.29, 0.717) is 10.7 Å². The van der Waals surface area contributed by atoms with Crippen molar-refractivity contribution in [1.82, 2.24) is 5.32 Å². The number of urea groups is 1. The lowest BCUT2D eigenvalue weighted by Gasteiger charge is -2.11. The molecular formula is C16H9Cl2N3O5. The first kappa shape index (κ1) is 17.7. The van der Waals surface area contributed by atoms with Crippen LogP contribution in [0.1, 0.15) is 5.56 Å². The van der Waals surface area contributed by atoms with E-state index in [1.165, 1.54) is 30.3 Å². The number of aromatic hydroxyl groups is 1. The van der Waals surface area contributed by atoms with E-state index >= 15 is 0 Å². The average Bonchev–Trinajstić information content (AvgIpc) is 2.85. The smallest absolute Gasteiger partial charge is 0.333 e. The van der Waals surface area contributed by atoms with Crippen molar-refractivity contribution in [2.45, 2.75) is 0 Å². The molecule has 26 heavy (non-hydrogen) atoms. The number of amides is 3. The number of phenols is 1. The highest BCUT2D eigenvalue weighted by molar-refractivity contribution is 6.32. The number of benzene rings is 2. The highest BCUT2D eigenvalue weighted by Gasteiger charge is 2.35. The number of carbonyl (C=O) groups is 2. The average molecular weight is 394 g/mol. The van der Waals surface area contributed by atoms with Gasteiger partial charge >= 0.3 is 11.7 Å². The van der Waals surface area contributed by atoms with Gasteiger partial charge in [-0.15, -0.1) is 0 Å². The fourth-order valence-corrected chi connectivity index (χ4v) is 2.72. The number of nitro groups is 1. The fourth-order valence-electron chi connectivity index (χ4n) is 2.37. The second-order valence-corrected chi connectivity index (χ2v) is 6.10. The lowest BCUT2D eigenvalue weighted by molar-refractivity contribution is -0.385. The molecule has 132 valence electrons. The quantitative estimate of drug-likeness (QED) is 0.357. The van der Waals surface area contributed by atoms with Crippen LogP contribution in [0.2, 0.25) is 10.0 Å². The molecule has 0 bridgehead atoms.